The molecule has 1 aliphatic heterocycles. The van der Waals surface area contributed by atoms with Gasteiger partial charge in [-0.2, -0.15) is 4.31 Å². The lowest BCUT2D eigenvalue weighted by molar-refractivity contribution is -0.126. The second-order valence-corrected chi connectivity index (χ2v) is 11.1. The molecule has 186 valence electrons. The first-order valence-corrected chi connectivity index (χ1v) is 13.1. The summed E-state index contributed by atoms with van der Waals surface area (Å²) in [5.41, 5.74) is 2.81. The molecular formula is C26H31FN4O3S. The highest BCUT2D eigenvalue weighted by atomic mass is 32.2. The van der Waals surface area contributed by atoms with Crippen LogP contribution in [0.3, 0.4) is 0 Å². The fraction of sp³-hybridized carbons (Fsp3) is 0.385. The van der Waals surface area contributed by atoms with Crippen molar-refractivity contribution in [2.75, 3.05) is 13.1 Å². The number of carbonyl (C=O) groups is 1. The molecule has 7 nitrogen and oxygen atoms in total. The Morgan fingerprint density at radius 2 is 1.74 bits per heavy atom. The van der Waals surface area contributed by atoms with Gasteiger partial charge >= 0.3 is 0 Å². The molecule has 1 N–H and O–H groups in total. The molecule has 0 saturated carbocycles. The van der Waals surface area contributed by atoms with Crippen molar-refractivity contribution in [3.63, 3.8) is 0 Å². The van der Waals surface area contributed by atoms with E-state index in [1.54, 1.807) is 42.2 Å². The first-order chi connectivity index (χ1) is 16.6. The monoisotopic (exact) mass is 498 g/mol. The summed E-state index contributed by atoms with van der Waals surface area (Å²) >= 11 is 0. The van der Waals surface area contributed by atoms with Crippen molar-refractivity contribution in [3.05, 3.63) is 82.7 Å². The third-order valence-corrected chi connectivity index (χ3v) is 8.85. The van der Waals surface area contributed by atoms with Crippen molar-refractivity contribution in [1.82, 2.24) is 19.2 Å². The predicted molar refractivity (Wildman–Crippen MR) is 132 cm³/mol. The van der Waals surface area contributed by atoms with E-state index in [9.17, 15) is 17.6 Å². The van der Waals surface area contributed by atoms with E-state index in [0.29, 0.717) is 29.1 Å². The largest absolute Gasteiger partial charge is 0.342 e. The Morgan fingerprint density at radius 3 is 2.31 bits per heavy atom. The van der Waals surface area contributed by atoms with Gasteiger partial charge in [0.2, 0.25) is 15.9 Å². The number of halogens is 1. The molecule has 3 aromatic rings. The van der Waals surface area contributed by atoms with Crippen molar-refractivity contribution >= 4 is 15.9 Å². The van der Waals surface area contributed by atoms with Crippen LogP contribution in [0.5, 0.6) is 0 Å². The average Bonchev–Trinajstić information content (AvgIpc) is 3.22. The number of hydrogen-bond acceptors (Lipinski definition) is 4. The van der Waals surface area contributed by atoms with Crippen LogP contribution in [0, 0.1) is 32.5 Å². The number of aryl methyl sites for hydroxylation is 4. The second kappa shape index (κ2) is 9.91. The van der Waals surface area contributed by atoms with Gasteiger partial charge in [-0.1, -0.05) is 35.9 Å². The highest BCUT2D eigenvalue weighted by molar-refractivity contribution is 7.89. The van der Waals surface area contributed by atoms with Crippen molar-refractivity contribution in [2.24, 2.45) is 13.0 Å². The Labute approximate surface area is 206 Å². The van der Waals surface area contributed by atoms with Crippen molar-refractivity contribution in [1.29, 1.82) is 0 Å². The van der Waals surface area contributed by atoms with E-state index in [4.69, 9.17) is 0 Å². The smallest absolute Gasteiger partial charge is 0.243 e. The zero-order valence-electron chi connectivity index (χ0n) is 20.5. The molecule has 0 spiro atoms. The highest BCUT2D eigenvalue weighted by Gasteiger charge is 2.35. The summed E-state index contributed by atoms with van der Waals surface area (Å²) in [7, 11) is -1.87. The van der Waals surface area contributed by atoms with E-state index in [-0.39, 0.29) is 24.9 Å². The number of aromatic nitrogens is 2. The average molecular weight is 499 g/mol. The summed E-state index contributed by atoms with van der Waals surface area (Å²) in [6.45, 7) is 6.07. The lowest BCUT2D eigenvalue weighted by atomic mass is 9.96. The number of amides is 1. The highest BCUT2D eigenvalue weighted by Crippen LogP contribution is 2.30. The lowest BCUT2D eigenvalue weighted by Crippen LogP contribution is -2.44. The van der Waals surface area contributed by atoms with Crippen LogP contribution in [0.4, 0.5) is 4.39 Å². The third-order valence-electron chi connectivity index (χ3n) is 6.65. The Kier molecular flexibility index (Phi) is 7.10. The van der Waals surface area contributed by atoms with Crippen LogP contribution < -0.4 is 5.32 Å². The number of piperidine rings is 1. The van der Waals surface area contributed by atoms with Crippen LogP contribution in [0.2, 0.25) is 0 Å². The Morgan fingerprint density at radius 1 is 1.11 bits per heavy atom. The molecule has 0 bridgehead atoms. The first kappa shape index (κ1) is 25.1. The minimum atomic E-state index is -3.66. The molecule has 2 heterocycles. The number of benzene rings is 2. The number of carbonyl (C=O) groups excluding carboxylic acids is 1. The van der Waals surface area contributed by atoms with Crippen LogP contribution in [-0.2, 0) is 21.9 Å². The molecule has 35 heavy (non-hydrogen) atoms. The Bertz CT molecular complexity index is 1320. The number of hydrogen-bond donors (Lipinski definition) is 1. The fourth-order valence-electron chi connectivity index (χ4n) is 4.97. The van der Waals surface area contributed by atoms with Crippen LogP contribution in [-0.4, -0.2) is 41.3 Å². The summed E-state index contributed by atoms with van der Waals surface area (Å²) in [5, 5.41) is 2.97. The van der Waals surface area contributed by atoms with Gasteiger partial charge in [-0.05, 0) is 50.8 Å². The summed E-state index contributed by atoms with van der Waals surface area (Å²) < 4.78 is 44.6. The Hall–Kier alpha value is -3.04. The minimum absolute atomic E-state index is 0.235. The summed E-state index contributed by atoms with van der Waals surface area (Å²) in [6, 6.07) is 9.32. The molecular weight excluding hydrogens is 467 g/mol. The molecule has 0 radical (unpaired) electrons. The summed E-state index contributed by atoms with van der Waals surface area (Å²) in [6.07, 6.45) is 4.13. The SMILES string of the molecule is Cc1cc(C)c(S(=O)(=O)N2CCC(C(=O)N[C@H](c3ccccc3F)c3nccn3C)CC2)c(C)c1. The Balaban J connectivity index is 1.50. The van der Waals surface area contributed by atoms with E-state index in [0.717, 1.165) is 16.7 Å². The standard InChI is InChI=1S/C26H31FN4O3S/c1-17-15-18(2)24(19(3)16-17)35(33,34)31-12-9-20(10-13-31)26(32)29-23(25-28-11-14-30(25)4)21-7-5-6-8-22(21)27/h5-8,11,14-16,20,23H,9-10,12-13H2,1-4H3,(H,29,32)/t23-/m1/s1. The topological polar surface area (TPSA) is 84.3 Å². The second-order valence-electron chi connectivity index (χ2n) is 9.27. The maximum absolute atomic E-state index is 14.6. The van der Waals surface area contributed by atoms with Crippen molar-refractivity contribution in [2.45, 2.75) is 44.6 Å². The zero-order valence-corrected chi connectivity index (χ0v) is 21.3. The maximum Gasteiger partial charge on any atom is 0.243 e. The number of nitrogens with zero attached hydrogens (tertiary/aromatic N) is 3. The van der Waals surface area contributed by atoms with Crippen LogP contribution in [0.15, 0.2) is 53.7 Å². The molecule has 4 rings (SSSR count). The van der Waals surface area contributed by atoms with Crippen molar-refractivity contribution < 1.29 is 17.6 Å². The maximum atomic E-state index is 14.6. The van der Waals surface area contributed by atoms with Gasteiger partial charge in [-0.15, -0.1) is 0 Å². The predicted octanol–water partition coefficient (Wildman–Crippen LogP) is 3.79. The van der Waals surface area contributed by atoms with Gasteiger partial charge in [-0.25, -0.2) is 17.8 Å². The van der Waals surface area contributed by atoms with Gasteiger partial charge in [-0.3, -0.25) is 4.79 Å². The van der Waals surface area contributed by atoms with Crippen molar-refractivity contribution in [3.8, 4) is 0 Å². The number of nitrogens with one attached hydrogen (secondary N) is 1. The van der Waals surface area contributed by atoms with E-state index < -0.39 is 21.9 Å². The van der Waals surface area contributed by atoms with E-state index in [2.05, 4.69) is 10.3 Å². The molecule has 1 aliphatic rings. The normalized spacial score (nSPS) is 16.3. The van der Waals surface area contributed by atoms with Gasteiger partial charge in [0.15, 0.2) is 0 Å². The van der Waals surface area contributed by atoms with Gasteiger partial charge in [0, 0.05) is 44.0 Å². The van der Waals surface area contributed by atoms with Crippen LogP contribution >= 0.6 is 0 Å². The molecule has 1 fully saturated rings. The molecule has 1 saturated heterocycles. The quantitative estimate of drug-likeness (QED) is 0.561. The van der Waals surface area contributed by atoms with Crippen LogP contribution in [0.25, 0.3) is 0 Å². The molecule has 1 atom stereocenters. The van der Waals surface area contributed by atoms with Gasteiger partial charge in [0.1, 0.15) is 17.7 Å². The summed E-state index contributed by atoms with van der Waals surface area (Å²) in [5.74, 6) is -0.517. The number of imidazole rings is 1. The molecule has 1 aromatic heterocycles. The third kappa shape index (κ3) is 5.01. The van der Waals surface area contributed by atoms with E-state index >= 15 is 0 Å². The fourth-order valence-corrected chi connectivity index (χ4v) is 6.85. The molecule has 0 unspecified atom stereocenters. The van der Waals surface area contributed by atoms with E-state index in [1.165, 1.54) is 10.4 Å². The first-order valence-electron chi connectivity index (χ1n) is 11.7. The zero-order chi connectivity index (χ0) is 25.3. The minimum Gasteiger partial charge on any atom is -0.342 e. The molecule has 0 aliphatic carbocycles. The van der Waals surface area contributed by atoms with E-state index in [1.807, 2.05) is 32.9 Å². The molecule has 1 amide bonds. The lowest BCUT2D eigenvalue weighted by Gasteiger charge is -2.32. The molecule has 9 heteroatoms. The van der Waals surface area contributed by atoms with Gasteiger partial charge in [0.05, 0.1) is 4.90 Å². The van der Waals surface area contributed by atoms with Gasteiger partial charge < -0.3 is 9.88 Å². The number of rotatable bonds is 6. The van der Waals surface area contributed by atoms with Crippen LogP contribution in [0.1, 0.15) is 47.0 Å². The number of sulfonamides is 1. The summed E-state index contributed by atoms with van der Waals surface area (Å²) in [4.78, 5) is 17.9. The van der Waals surface area contributed by atoms with Gasteiger partial charge in [0.25, 0.3) is 0 Å². The molecule has 2 aromatic carbocycles.